The zero-order valence-corrected chi connectivity index (χ0v) is 41.2. The largest absolute Gasteiger partial charge is 0.228 e. The Bertz CT molecular complexity index is 4160. The number of hydrogen-bond donors (Lipinski definition) is 0. The van der Waals surface area contributed by atoms with E-state index in [2.05, 4.69) is 231 Å². The molecule has 4 saturated carbocycles. The van der Waals surface area contributed by atoms with Crippen molar-refractivity contribution in [2.45, 2.75) is 37.5 Å². The second kappa shape index (κ2) is 16.3. The summed E-state index contributed by atoms with van der Waals surface area (Å²) >= 11 is 0. The van der Waals surface area contributed by atoms with Gasteiger partial charge >= 0.3 is 0 Å². The molecule has 0 amide bonds. The van der Waals surface area contributed by atoms with Crippen LogP contribution in [0, 0.1) is 23.7 Å². The highest BCUT2D eigenvalue weighted by atomic mass is 14.9. The fraction of sp³-hybridized carbons (Fsp3) is 0.139. The molecule has 1 heterocycles. The first-order valence-electron chi connectivity index (χ1n) is 26.9. The number of fused-ring (bicyclic) bond motifs is 7. The molecule has 0 unspecified atom stereocenters. The van der Waals surface area contributed by atoms with Gasteiger partial charge in [-0.1, -0.05) is 212 Å². The first kappa shape index (κ1) is 42.1. The maximum atomic E-state index is 5.53. The van der Waals surface area contributed by atoms with Crippen LogP contribution in [0.25, 0.3) is 122 Å². The van der Waals surface area contributed by atoms with E-state index in [0.29, 0.717) is 17.7 Å². The second-order valence-electron chi connectivity index (χ2n) is 22.0. The predicted molar refractivity (Wildman–Crippen MR) is 308 cm³/mol. The van der Waals surface area contributed by atoms with Crippen LogP contribution in [0.15, 0.2) is 231 Å². The van der Waals surface area contributed by atoms with E-state index < -0.39 is 0 Å². The number of benzene rings is 11. The van der Waals surface area contributed by atoms with Crippen molar-refractivity contribution in [2.75, 3.05) is 0 Å². The van der Waals surface area contributed by atoms with Gasteiger partial charge in [0.2, 0.25) is 0 Å². The molecule has 0 saturated heterocycles. The molecule has 5 aliphatic carbocycles. The topological polar surface area (TPSA) is 25.8 Å². The summed E-state index contributed by atoms with van der Waals surface area (Å²) < 4.78 is 0. The van der Waals surface area contributed by atoms with Crippen LogP contribution in [0.1, 0.15) is 43.2 Å². The molecule has 0 radical (unpaired) electrons. The van der Waals surface area contributed by atoms with Crippen LogP contribution in [0.5, 0.6) is 0 Å². The molecule has 0 atom stereocenters. The Balaban J connectivity index is 0.958. The van der Waals surface area contributed by atoms with Crippen LogP contribution in [0.4, 0.5) is 0 Å². The Morgan fingerprint density at radius 1 is 0.297 bits per heavy atom. The normalized spacial score (nSPS) is 20.2. The van der Waals surface area contributed by atoms with Gasteiger partial charge in [0.05, 0.1) is 11.4 Å². The summed E-state index contributed by atoms with van der Waals surface area (Å²) in [4.78, 5) is 10.8. The van der Waals surface area contributed by atoms with E-state index in [1.807, 2.05) is 0 Å². The zero-order chi connectivity index (χ0) is 48.5. The molecule has 17 rings (SSSR count). The lowest BCUT2D eigenvalue weighted by Gasteiger charge is -2.61. The van der Waals surface area contributed by atoms with Crippen molar-refractivity contribution in [2.24, 2.45) is 23.7 Å². The van der Waals surface area contributed by atoms with E-state index in [4.69, 9.17) is 9.97 Å². The zero-order valence-electron chi connectivity index (χ0n) is 41.2. The van der Waals surface area contributed by atoms with Gasteiger partial charge in [-0.2, -0.15) is 0 Å². The summed E-state index contributed by atoms with van der Waals surface area (Å²) in [5.41, 5.74) is 18.6. The van der Waals surface area contributed by atoms with Crippen molar-refractivity contribution in [1.29, 1.82) is 0 Å². The molecular weight excluding hydrogens is 893 g/mol. The van der Waals surface area contributed by atoms with Gasteiger partial charge in [0.25, 0.3) is 0 Å². The van der Waals surface area contributed by atoms with Crippen molar-refractivity contribution in [3.05, 3.63) is 242 Å². The molecule has 1 spiro atoms. The number of hydrogen-bond acceptors (Lipinski definition) is 2. The molecular formula is C72H52N2. The van der Waals surface area contributed by atoms with E-state index >= 15 is 0 Å². The second-order valence-corrected chi connectivity index (χ2v) is 22.0. The lowest BCUT2D eigenvalue weighted by Crippen LogP contribution is -2.55. The van der Waals surface area contributed by atoms with Gasteiger partial charge in [-0.3, -0.25) is 0 Å². The standard InChI is InChI=1S/C72H52N2/c1-3-16-46(17-4-1)47-30-32-49(33-31-47)65-43-66(74-71(73-65)50-19-5-2-6-20-50)68-57-24-11-13-26-59(57)70(60-27-14-12-25-58(60)68)69-55-23-10-9-18-48(55)34-35-61(69)56-28-15-29-63-67(56)62-41-51-21-7-8-22-52(51)42-64(62)72(63)53-37-44-36-45(39-53)40-54(72)38-44/h1-35,41-45,53-54H,36-40H2. The van der Waals surface area contributed by atoms with E-state index in [1.165, 1.54) is 120 Å². The van der Waals surface area contributed by atoms with Crippen LogP contribution >= 0.6 is 0 Å². The molecule has 11 aromatic carbocycles. The Morgan fingerprint density at radius 2 is 0.811 bits per heavy atom. The Morgan fingerprint density at radius 3 is 1.47 bits per heavy atom. The third kappa shape index (κ3) is 6.18. The maximum absolute atomic E-state index is 5.53. The minimum atomic E-state index is 0.0368. The van der Waals surface area contributed by atoms with Crippen molar-refractivity contribution >= 4 is 43.1 Å². The SMILES string of the molecule is c1ccc(-c2ccc(-c3cc(-c4c5ccccc5c(-c5c(-c6cccc7c6-c6cc8ccccc8cc6C76C7CC8CC(C7)CC6C8)ccc6ccccc56)c5ccccc45)nc(-c4ccccc4)n3)cc2)cc1. The highest BCUT2D eigenvalue weighted by Gasteiger charge is 2.62. The van der Waals surface area contributed by atoms with Gasteiger partial charge in [0, 0.05) is 22.1 Å². The van der Waals surface area contributed by atoms with Crippen LogP contribution in [-0.4, -0.2) is 9.97 Å². The third-order valence-electron chi connectivity index (χ3n) is 18.2. The summed E-state index contributed by atoms with van der Waals surface area (Å²) in [5.74, 6) is 3.80. The molecule has 0 N–H and O–H groups in total. The summed E-state index contributed by atoms with van der Waals surface area (Å²) in [6, 6.07) is 86.0. The van der Waals surface area contributed by atoms with Crippen LogP contribution in [-0.2, 0) is 5.41 Å². The van der Waals surface area contributed by atoms with Gasteiger partial charge in [-0.25, -0.2) is 9.97 Å². The van der Waals surface area contributed by atoms with Crippen LogP contribution < -0.4 is 0 Å². The summed E-state index contributed by atoms with van der Waals surface area (Å²) in [7, 11) is 0. The molecule has 1 aromatic heterocycles. The van der Waals surface area contributed by atoms with Crippen molar-refractivity contribution in [3.8, 4) is 78.4 Å². The average molecular weight is 945 g/mol. The molecule has 350 valence electrons. The van der Waals surface area contributed by atoms with E-state index in [-0.39, 0.29) is 5.41 Å². The lowest BCUT2D eigenvalue weighted by atomic mass is 9.43. The van der Waals surface area contributed by atoms with Crippen molar-refractivity contribution in [3.63, 3.8) is 0 Å². The van der Waals surface area contributed by atoms with Crippen molar-refractivity contribution in [1.82, 2.24) is 9.97 Å². The van der Waals surface area contributed by atoms with E-state index in [0.717, 1.165) is 39.9 Å². The first-order valence-corrected chi connectivity index (χ1v) is 26.9. The fourth-order valence-electron chi connectivity index (χ4n) is 15.5. The van der Waals surface area contributed by atoms with Gasteiger partial charge < -0.3 is 0 Å². The Kier molecular flexibility index (Phi) is 9.26. The summed E-state index contributed by atoms with van der Waals surface area (Å²) in [6.07, 6.45) is 6.87. The van der Waals surface area contributed by atoms with Gasteiger partial charge in [-0.05, 0) is 173 Å². The molecule has 74 heavy (non-hydrogen) atoms. The average Bonchev–Trinajstić information content (AvgIpc) is 3.77. The lowest BCUT2D eigenvalue weighted by molar-refractivity contribution is -0.0398. The third-order valence-corrected chi connectivity index (χ3v) is 18.2. The molecule has 12 aromatic rings. The summed E-state index contributed by atoms with van der Waals surface area (Å²) in [5, 5.41) is 9.97. The van der Waals surface area contributed by atoms with Gasteiger partial charge in [0.15, 0.2) is 5.82 Å². The van der Waals surface area contributed by atoms with Crippen molar-refractivity contribution < 1.29 is 0 Å². The monoisotopic (exact) mass is 944 g/mol. The highest BCUT2D eigenvalue weighted by molar-refractivity contribution is 6.25. The van der Waals surface area contributed by atoms with Crippen LogP contribution in [0.2, 0.25) is 0 Å². The quantitative estimate of drug-likeness (QED) is 0.155. The highest BCUT2D eigenvalue weighted by Crippen LogP contribution is 2.70. The Labute approximate surface area is 432 Å². The molecule has 4 fully saturated rings. The minimum Gasteiger partial charge on any atom is -0.228 e. The fourth-order valence-corrected chi connectivity index (χ4v) is 15.5. The molecule has 0 aliphatic heterocycles. The number of aromatic nitrogens is 2. The van der Waals surface area contributed by atoms with E-state index in [9.17, 15) is 0 Å². The first-order chi connectivity index (χ1) is 36.7. The summed E-state index contributed by atoms with van der Waals surface area (Å²) in [6.45, 7) is 0. The minimum absolute atomic E-state index is 0.0368. The number of rotatable bonds is 6. The smallest absolute Gasteiger partial charge is 0.160 e. The molecule has 2 nitrogen and oxygen atoms in total. The van der Waals surface area contributed by atoms with E-state index in [1.54, 1.807) is 11.1 Å². The van der Waals surface area contributed by atoms with Gasteiger partial charge in [0.1, 0.15) is 0 Å². The molecule has 2 heteroatoms. The maximum Gasteiger partial charge on any atom is 0.160 e. The molecule has 5 aliphatic rings. The number of nitrogens with zero attached hydrogens (tertiary/aromatic N) is 2. The van der Waals surface area contributed by atoms with Gasteiger partial charge in [-0.15, -0.1) is 0 Å². The Hall–Kier alpha value is -8.46. The molecule has 4 bridgehead atoms. The predicted octanol–water partition coefficient (Wildman–Crippen LogP) is 18.8. The van der Waals surface area contributed by atoms with Crippen LogP contribution in [0.3, 0.4) is 0 Å².